The first-order chi connectivity index (χ1) is 7.06. The molecule has 0 spiro atoms. The van der Waals surface area contributed by atoms with E-state index in [1.807, 2.05) is 13.8 Å². The van der Waals surface area contributed by atoms with Crippen LogP contribution in [0.1, 0.15) is 13.8 Å². The molecule has 0 saturated heterocycles. The maximum atomic E-state index is 11.3. The van der Waals surface area contributed by atoms with Crippen LogP contribution in [0.25, 0.3) is 0 Å². The van der Waals surface area contributed by atoms with E-state index in [0.29, 0.717) is 22.1 Å². The van der Waals surface area contributed by atoms with Crippen LogP contribution in [0, 0.1) is 5.92 Å². The number of aromatic nitrogens is 2. The fraction of sp³-hybridized carbons (Fsp3) is 0.556. The average molecular weight is 295 g/mol. The van der Waals surface area contributed by atoms with Crippen LogP contribution in [-0.2, 0) is 0 Å². The molecule has 0 bridgehead atoms. The Balaban J connectivity index is 2.81. The Morgan fingerprint density at radius 1 is 1.67 bits per heavy atom. The van der Waals surface area contributed by atoms with Crippen LogP contribution in [0.15, 0.2) is 15.6 Å². The van der Waals surface area contributed by atoms with Gasteiger partial charge in [0.25, 0.3) is 5.56 Å². The van der Waals surface area contributed by atoms with Crippen molar-refractivity contribution in [3.8, 4) is 0 Å². The maximum Gasteiger partial charge on any atom is 0.267 e. The Morgan fingerprint density at radius 3 is 2.93 bits per heavy atom. The van der Waals surface area contributed by atoms with Gasteiger partial charge in [-0.25, -0.2) is 4.98 Å². The van der Waals surface area contributed by atoms with Crippen molar-refractivity contribution < 1.29 is 0 Å². The molecule has 84 valence electrons. The molecule has 2 unspecified atom stereocenters. The molecule has 4 nitrogen and oxygen atoms in total. The molecule has 2 N–H and O–H groups in total. The molecule has 0 aliphatic carbocycles. The Labute approximate surface area is 102 Å². The number of nitrogens with zero attached hydrogens (tertiary/aromatic N) is 1. The number of aromatic amines is 1. The predicted octanol–water partition coefficient (Wildman–Crippen LogP) is 2.21. The monoisotopic (exact) mass is 293 g/mol. The van der Waals surface area contributed by atoms with Crippen LogP contribution in [0.2, 0.25) is 0 Å². The van der Waals surface area contributed by atoms with E-state index in [4.69, 9.17) is 11.6 Å². The molecule has 1 heterocycles. The highest BCUT2D eigenvalue weighted by Crippen LogP contribution is 2.17. The van der Waals surface area contributed by atoms with E-state index in [9.17, 15) is 4.79 Å². The number of nitrogens with one attached hydrogen (secondary N) is 2. The first-order valence-corrected chi connectivity index (χ1v) is 5.94. The van der Waals surface area contributed by atoms with Crippen molar-refractivity contribution in [3.63, 3.8) is 0 Å². The van der Waals surface area contributed by atoms with E-state index in [-0.39, 0.29) is 11.6 Å². The molecular weight excluding hydrogens is 281 g/mol. The van der Waals surface area contributed by atoms with E-state index < -0.39 is 0 Å². The molecule has 0 aromatic carbocycles. The van der Waals surface area contributed by atoms with Crippen molar-refractivity contribution in [2.75, 3.05) is 11.2 Å². The lowest BCUT2D eigenvalue weighted by molar-refractivity contribution is 0.563. The maximum absolute atomic E-state index is 11.3. The summed E-state index contributed by atoms with van der Waals surface area (Å²) in [6, 6.07) is 0.160. The summed E-state index contributed by atoms with van der Waals surface area (Å²) >= 11 is 8.92. The van der Waals surface area contributed by atoms with Crippen molar-refractivity contribution in [1.82, 2.24) is 9.97 Å². The first kappa shape index (κ1) is 12.5. The van der Waals surface area contributed by atoms with Gasteiger partial charge < -0.3 is 10.3 Å². The minimum atomic E-state index is -0.196. The summed E-state index contributed by atoms with van der Waals surface area (Å²) in [7, 11) is 0. The van der Waals surface area contributed by atoms with Crippen LogP contribution in [0.4, 0.5) is 5.82 Å². The van der Waals surface area contributed by atoms with Gasteiger partial charge in [0, 0.05) is 11.9 Å². The van der Waals surface area contributed by atoms with Gasteiger partial charge in [0.05, 0.1) is 6.33 Å². The van der Waals surface area contributed by atoms with Gasteiger partial charge in [-0.1, -0.05) is 6.92 Å². The summed E-state index contributed by atoms with van der Waals surface area (Å²) in [5, 5.41) is 3.14. The fourth-order valence-electron chi connectivity index (χ4n) is 0.975. The average Bonchev–Trinajstić information content (AvgIpc) is 2.23. The number of hydrogen-bond acceptors (Lipinski definition) is 3. The van der Waals surface area contributed by atoms with Gasteiger partial charge in [-0.05, 0) is 28.8 Å². The molecule has 1 rings (SSSR count). The quantitative estimate of drug-likeness (QED) is 0.837. The van der Waals surface area contributed by atoms with E-state index in [1.54, 1.807) is 0 Å². The molecule has 0 aliphatic heterocycles. The summed E-state index contributed by atoms with van der Waals surface area (Å²) in [4.78, 5) is 17.8. The highest BCUT2D eigenvalue weighted by atomic mass is 79.9. The third-order valence-corrected chi connectivity index (χ3v) is 3.48. The minimum absolute atomic E-state index is 0.160. The molecule has 0 fully saturated rings. The Hall–Kier alpha value is -0.550. The predicted molar refractivity (Wildman–Crippen MR) is 65.5 cm³/mol. The Bertz CT molecular complexity index is 382. The van der Waals surface area contributed by atoms with Crippen LogP contribution in [0.5, 0.6) is 0 Å². The highest BCUT2D eigenvalue weighted by molar-refractivity contribution is 9.10. The number of rotatable bonds is 4. The molecular formula is C9H13BrClN3O. The van der Waals surface area contributed by atoms with Gasteiger partial charge in [-0.3, -0.25) is 4.79 Å². The minimum Gasteiger partial charge on any atom is -0.366 e. The fourth-order valence-corrected chi connectivity index (χ4v) is 1.57. The molecule has 6 heteroatoms. The van der Waals surface area contributed by atoms with Crippen LogP contribution < -0.4 is 10.9 Å². The zero-order valence-electron chi connectivity index (χ0n) is 8.55. The molecule has 0 amide bonds. The molecule has 0 aliphatic rings. The molecule has 1 aromatic rings. The number of H-pyrrole nitrogens is 1. The van der Waals surface area contributed by atoms with E-state index in [0.717, 1.165) is 0 Å². The Morgan fingerprint density at radius 2 is 2.33 bits per heavy atom. The largest absolute Gasteiger partial charge is 0.366 e. The number of hydrogen-bond donors (Lipinski definition) is 2. The summed E-state index contributed by atoms with van der Waals surface area (Å²) < 4.78 is 0.415. The van der Waals surface area contributed by atoms with Crippen molar-refractivity contribution in [2.24, 2.45) is 5.92 Å². The van der Waals surface area contributed by atoms with E-state index in [2.05, 4.69) is 31.2 Å². The van der Waals surface area contributed by atoms with E-state index in [1.165, 1.54) is 6.33 Å². The molecule has 1 aromatic heterocycles. The van der Waals surface area contributed by atoms with Crippen molar-refractivity contribution in [2.45, 2.75) is 19.9 Å². The second-order valence-electron chi connectivity index (χ2n) is 3.46. The summed E-state index contributed by atoms with van der Waals surface area (Å²) in [6.45, 7) is 4.04. The second kappa shape index (κ2) is 5.51. The van der Waals surface area contributed by atoms with Crippen molar-refractivity contribution >= 4 is 33.3 Å². The molecule has 15 heavy (non-hydrogen) atoms. The molecule has 0 saturated carbocycles. The van der Waals surface area contributed by atoms with Crippen LogP contribution in [-0.4, -0.2) is 21.9 Å². The first-order valence-electron chi connectivity index (χ1n) is 4.62. The lowest BCUT2D eigenvalue weighted by atomic mass is 10.1. The third-order valence-electron chi connectivity index (χ3n) is 2.26. The van der Waals surface area contributed by atoms with Crippen molar-refractivity contribution in [1.29, 1.82) is 0 Å². The van der Waals surface area contributed by atoms with E-state index >= 15 is 0 Å². The molecule has 0 radical (unpaired) electrons. The summed E-state index contributed by atoms with van der Waals surface area (Å²) in [6.07, 6.45) is 1.37. The second-order valence-corrected chi connectivity index (χ2v) is 4.56. The molecule has 2 atom stereocenters. The topological polar surface area (TPSA) is 57.8 Å². The SMILES string of the molecule is CC(CCl)C(C)Nc1nc[nH]c(=O)c1Br. The Kier molecular flexibility index (Phi) is 4.60. The zero-order valence-corrected chi connectivity index (χ0v) is 10.9. The number of alkyl halides is 1. The van der Waals surface area contributed by atoms with Gasteiger partial charge >= 0.3 is 0 Å². The van der Waals surface area contributed by atoms with Gasteiger partial charge in [-0.2, -0.15) is 0 Å². The zero-order chi connectivity index (χ0) is 11.4. The van der Waals surface area contributed by atoms with Crippen LogP contribution >= 0.6 is 27.5 Å². The highest BCUT2D eigenvalue weighted by Gasteiger charge is 2.13. The summed E-state index contributed by atoms with van der Waals surface area (Å²) in [5.74, 6) is 1.41. The standard InChI is InChI=1S/C9H13BrClN3O/c1-5(3-11)6(2)14-8-7(10)9(15)13-4-12-8/h4-6H,3H2,1-2H3,(H2,12,13,14,15). The van der Waals surface area contributed by atoms with Gasteiger partial charge in [0.15, 0.2) is 0 Å². The lowest BCUT2D eigenvalue weighted by Crippen LogP contribution is -2.26. The number of anilines is 1. The normalized spacial score (nSPS) is 14.7. The van der Waals surface area contributed by atoms with Gasteiger partial charge in [0.1, 0.15) is 10.3 Å². The van der Waals surface area contributed by atoms with Crippen molar-refractivity contribution in [3.05, 3.63) is 21.2 Å². The van der Waals surface area contributed by atoms with Gasteiger partial charge in [0.2, 0.25) is 0 Å². The summed E-state index contributed by atoms with van der Waals surface area (Å²) in [5.41, 5.74) is -0.196. The lowest BCUT2D eigenvalue weighted by Gasteiger charge is -2.19. The van der Waals surface area contributed by atoms with Gasteiger partial charge in [-0.15, -0.1) is 11.6 Å². The third kappa shape index (κ3) is 3.21. The smallest absolute Gasteiger partial charge is 0.267 e. The van der Waals surface area contributed by atoms with Crippen LogP contribution in [0.3, 0.4) is 0 Å². The number of halogens is 2.